The van der Waals surface area contributed by atoms with Gasteiger partial charge in [0.2, 0.25) is 5.95 Å². The number of nitriles is 1. The number of carbonyl (C=O) groups excluding carboxylic acids is 1. The topological polar surface area (TPSA) is 83.6 Å². The maximum atomic E-state index is 13.1. The van der Waals surface area contributed by atoms with Crippen molar-refractivity contribution in [3.05, 3.63) is 77.1 Å². The van der Waals surface area contributed by atoms with Crippen molar-refractivity contribution in [3.63, 3.8) is 0 Å². The van der Waals surface area contributed by atoms with Crippen molar-refractivity contribution in [1.82, 2.24) is 20.1 Å². The Hall–Kier alpha value is -3.74. The molecule has 0 fully saturated rings. The van der Waals surface area contributed by atoms with E-state index in [0.717, 1.165) is 24.4 Å². The molecule has 28 heavy (non-hydrogen) atoms. The number of nitrogens with one attached hydrogen (secondary N) is 1. The first-order valence-corrected chi connectivity index (χ1v) is 7.84. The van der Waals surface area contributed by atoms with Crippen LogP contribution >= 0.6 is 0 Å². The van der Waals surface area contributed by atoms with Gasteiger partial charge in [-0.1, -0.05) is 0 Å². The van der Waals surface area contributed by atoms with Crippen molar-refractivity contribution in [2.45, 2.75) is 12.7 Å². The highest BCUT2D eigenvalue weighted by Crippen LogP contribution is 2.33. The molecule has 2 heterocycles. The van der Waals surface area contributed by atoms with Gasteiger partial charge in [-0.25, -0.2) is 9.67 Å². The summed E-state index contributed by atoms with van der Waals surface area (Å²) in [7, 11) is 0. The minimum Gasteiger partial charge on any atom is -0.346 e. The number of pyridine rings is 1. The van der Waals surface area contributed by atoms with Crippen molar-refractivity contribution in [1.29, 1.82) is 5.26 Å². The maximum Gasteiger partial charge on any atom is 0.417 e. The highest BCUT2D eigenvalue weighted by molar-refractivity contribution is 5.93. The van der Waals surface area contributed by atoms with Crippen LogP contribution in [0.5, 0.6) is 0 Å². The Kier molecular flexibility index (Phi) is 5.08. The Morgan fingerprint density at radius 1 is 1.21 bits per heavy atom. The Morgan fingerprint density at radius 2 is 2.00 bits per heavy atom. The molecule has 1 N–H and O–H groups in total. The fourth-order valence-corrected chi connectivity index (χ4v) is 2.39. The summed E-state index contributed by atoms with van der Waals surface area (Å²) in [4.78, 5) is 15.3. The zero-order valence-corrected chi connectivity index (χ0v) is 14.0. The summed E-state index contributed by atoms with van der Waals surface area (Å²) in [5.74, 6) is -1.21. The summed E-state index contributed by atoms with van der Waals surface area (Å²) in [6, 6.07) is 8.60. The molecule has 0 unspecified atom stereocenters. The number of aromatic nitrogens is 3. The lowest BCUT2D eigenvalue weighted by Gasteiger charge is -2.10. The molecular weight excluding hydrogens is 378 g/mol. The van der Waals surface area contributed by atoms with Crippen molar-refractivity contribution in [3.8, 4) is 11.8 Å². The minimum atomic E-state index is -4.67. The third kappa shape index (κ3) is 4.15. The van der Waals surface area contributed by atoms with Gasteiger partial charge in [0, 0.05) is 12.4 Å². The van der Waals surface area contributed by atoms with Crippen LogP contribution in [-0.2, 0) is 12.7 Å². The number of hydrogen-bond donors (Lipinski definition) is 1. The van der Waals surface area contributed by atoms with Crippen LogP contribution in [0, 0.1) is 17.3 Å². The minimum absolute atomic E-state index is 0.00557. The van der Waals surface area contributed by atoms with Crippen LogP contribution in [0.4, 0.5) is 17.6 Å². The van der Waals surface area contributed by atoms with Gasteiger partial charge in [0.05, 0.1) is 40.7 Å². The molecule has 0 saturated heterocycles. The number of carbonyl (C=O) groups is 1. The van der Waals surface area contributed by atoms with E-state index in [-0.39, 0.29) is 17.8 Å². The Labute approximate surface area is 156 Å². The second-order valence-corrected chi connectivity index (χ2v) is 5.64. The SMILES string of the molecule is N#Cc1ccc(-n2ccc(CNC(=O)c3ccc(F)nc3)n2)cc1C(F)(F)F. The summed E-state index contributed by atoms with van der Waals surface area (Å²) in [5.41, 5.74) is -0.874. The van der Waals surface area contributed by atoms with Gasteiger partial charge in [0.1, 0.15) is 0 Å². The lowest BCUT2D eigenvalue weighted by atomic mass is 10.1. The van der Waals surface area contributed by atoms with Gasteiger partial charge in [0.25, 0.3) is 5.91 Å². The fourth-order valence-electron chi connectivity index (χ4n) is 2.39. The number of halogens is 4. The number of amides is 1. The van der Waals surface area contributed by atoms with Crippen LogP contribution in [0.3, 0.4) is 0 Å². The smallest absolute Gasteiger partial charge is 0.346 e. The molecule has 6 nitrogen and oxygen atoms in total. The molecule has 3 rings (SSSR count). The summed E-state index contributed by atoms with van der Waals surface area (Å²) < 4.78 is 53.2. The summed E-state index contributed by atoms with van der Waals surface area (Å²) in [6.45, 7) is 0.00557. The third-order valence-electron chi connectivity index (χ3n) is 3.76. The Balaban J connectivity index is 1.75. The number of nitrogens with zero attached hydrogens (tertiary/aromatic N) is 4. The van der Waals surface area contributed by atoms with Crippen LogP contribution in [0.2, 0.25) is 0 Å². The highest BCUT2D eigenvalue weighted by Gasteiger charge is 2.34. The predicted molar refractivity (Wildman–Crippen MR) is 88.6 cm³/mol. The van der Waals surface area contributed by atoms with Crippen LogP contribution in [-0.4, -0.2) is 20.7 Å². The first-order valence-electron chi connectivity index (χ1n) is 7.84. The van der Waals surface area contributed by atoms with Gasteiger partial charge in [-0.2, -0.15) is 27.9 Å². The van der Waals surface area contributed by atoms with Crippen molar-refractivity contribution >= 4 is 5.91 Å². The van der Waals surface area contributed by atoms with Crippen LogP contribution < -0.4 is 5.32 Å². The molecule has 10 heteroatoms. The Morgan fingerprint density at radius 3 is 2.64 bits per heavy atom. The van der Waals surface area contributed by atoms with E-state index < -0.39 is 29.2 Å². The predicted octanol–water partition coefficient (Wildman–Crippen LogP) is 3.23. The van der Waals surface area contributed by atoms with E-state index in [2.05, 4.69) is 15.4 Å². The largest absolute Gasteiger partial charge is 0.417 e. The van der Waals surface area contributed by atoms with Crippen molar-refractivity contribution in [2.75, 3.05) is 0 Å². The van der Waals surface area contributed by atoms with E-state index in [1.807, 2.05) is 0 Å². The van der Waals surface area contributed by atoms with E-state index in [9.17, 15) is 22.4 Å². The highest BCUT2D eigenvalue weighted by atomic mass is 19.4. The summed E-state index contributed by atoms with van der Waals surface area (Å²) in [5, 5.41) is 15.5. The number of benzene rings is 1. The Bertz CT molecular complexity index is 1050. The molecule has 0 radical (unpaired) electrons. The second kappa shape index (κ2) is 7.48. The molecule has 0 aliphatic carbocycles. The van der Waals surface area contributed by atoms with Gasteiger partial charge in [-0.15, -0.1) is 0 Å². The van der Waals surface area contributed by atoms with E-state index in [1.54, 1.807) is 0 Å². The third-order valence-corrected chi connectivity index (χ3v) is 3.76. The lowest BCUT2D eigenvalue weighted by molar-refractivity contribution is -0.137. The van der Waals surface area contributed by atoms with Crippen LogP contribution in [0.1, 0.15) is 27.2 Å². The van der Waals surface area contributed by atoms with Crippen molar-refractivity contribution < 1.29 is 22.4 Å². The van der Waals surface area contributed by atoms with E-state index in [0.29, 0.717) is 5.69 Å². The fraction of sp³-hybridized carbons (Fsp3) is 0.111. The molecule has 142 valence electrons. The van der Waals surface area contributed by atoms with E-state index in [4.69, 9.17) is 5.26 Å². The molecule has 0 aliphatic rings. The van der Waals surface area contributed by atoms with Gasteiger partial charge in [-0.05, 0) is 36.4 Å². The average Bonchev–Trinajstić information content (AvgIpc) is 3.14. The van der Waals surface area contributed by atoms with E-state index >= 15 is 0 Å². The molecule has 0 aliphatic heterocycles. The number of alkyl halides is 3. The summed E-state index contributed by atoms with van der Waals surface area (Å²) in [6.07, 6.45) is -2.16. The number of hydrogen-bond acceptors (Lipinski definition) is 4. The van der Waals surface area contributed by atoms with Gasteiger partial charge >= 0.3 is 6.18 Å². The lowest BCUT2D eigenvalue weighted by Crippen LogP contribution is -2.23. The molecule has 0 spiro atoms. The molecule has 3 aromatic rings. The second-order valence-electron chi connectivity index (χ2n) is 5.64. The molecule has 1 amide bonds. The van der Waals surface area contributed by atoms with Crippen molar-refractivity contribution in [2.24, 2.45) is 0 Å². The molecule has 0 atom stereocenters. The first-order chi connectivity index (χ1) is 13.3. The number of rotatable bonds is 4. The summed E-state index contributed by atoms with van der Waals surface area (Å²) >= 11 is 0. The monoisotopic (exact) mass is 389 g/mol. The molecule has 1 aromatic carbocycles. The van der Waals surface area contributed by atoms with Crippen LogP contribution in [0.25, 0.3) is 5.69 Å². The quantitative estimate of drug-likeness (QED) is 0.549. The molecular formula is C18H11F4N5O. The first kappa shape index (κ1) is 19.0. The van der Waals surface area contributed by atoms with Crippen LogP contribution in [0.15, 0.2) is 48.8 Å². The van der Waals surface area contributed by atoms with Gasteiger partial charge in [0.15, 0.2) is 0 Å². The normalized spacial score (nSPS) is 11.1. The zero-order chi connectivity index (χ0) is 20.3. The average molecular weight is 389 g/mol. The molecule has 0 bridgehead atoms. The van der Waals surface area contributed by atoms with Gasteiger partial charge in [-0.3, -0.25) is 4.79 Å². The van der Waals surface area contributed by atoms with Gasteiger partial charge < -0.3 is 5.32 Å². The standard InChI is InChI=1S/C18H11F4N5O/c19-16-4-2-12(9-24-16)17(28)25-10-13-5-6-27(26-13)14-3-1-11(8-23)15(7-14)18(20,21)22/h1-7,9H,10H2,(H,25,28). The molecule has 0 saturated carbocycles. The van der Waals surface area contributed by atoms with E-state index in [1.165, 1.54) is 35.1 Å². The molecule has 2 aromatic heterocycles. The maximum absolute atomic E-state index is 13.1. The zero-order valence-electron chi connectivity index (χ0n) is 14.0.